The smallest absolute Gasteiger partial charge is 0.0540 e. The number of anilines is 3. The van der Waals surface area contributed by atoms with Crippen LogP contribution in [0, 0.1) is 0 Å². The van der Waals surface area contributed by atoms with Crippen LogP contribution in [0.4, 0.5) is 17.1 Å². The molecule has 5 aromatic carbocycles. The molecule has 166 valence electrons. The zero-order valence-electron chi connectivity index (χ0n) is 18.7. The minimum Gasteiger partial charge on any atom is -0.309 e. The maximum atomic E-state index is 3.74. The summed E-state index contributed by atoms with van der Waals surface area (Å²) < 4.78 is 2.18. The first-order valence-electron chi connectivity index (χ1n) is 11.6. The van der Waals surface area contributed by atoms with Gasteiger partial charge in [0.05, 0.1) is 11.4 Å². The lowest BCUT2D eigenvalue weighted by Crippen LogP contribution is -2.18. The highest BCUT2D eigenvalue weighted by molar-refractivity contribution is 9.10. The van der Waals surface area contributed by atoms with Gasteiger partial charge >= 0.3 is 0 Å². The largest absolute Gasteiger partial charge is 0.309 e. The maximum Gasteiger partial charge on any atom is 0.0540 e. The number of hydrogen-bond acceptors (Lipinski definition) is 1. The molecule has 0 unspecified atom stereocenters. The molecule has 0 fully saturated rings. The molecule has 0 saturated heterocycles. The van der Waals surface area contributed by atoms with Gasteiger partial charge in [0.1, 0.15) is 0 Å². The van der Waals surface area contributed by atoms with Crippen molar-refractivity contribution in [1.82, 2.24) is 0 Å². The van der Waals surface area contributed by atoms with Crippen molar-refractivity contribution in [3.63, 3.8) is 0 Å². The SMILES string of the molecule is Brc1ccc2c(c1)C(=C1c3ccccc3N(c3ccccc3)c3ccccc31)c1cc(Br)ccc1-2. The summed E-state index contributed by atoms with van der Waals surface area (Å²) in [7, 11) is 0. The second-order valence-electron chi connectivity index (χ2n) is 8.84. The zero-order chi connectivity index (χ0) is 23.5. The molecule has 1 aliphatic carbocycles. The van der Waals surface area contributed by atoms with E-state index in [1.165, 1.54) is 55.9 Å². The van der Waals surface area contributed by atoms with Gasteiger partial charge in [0.15, 0.2) is 0 Å². The molecule has 7 rings (SSSR count). The summed E-state index contributed by atoms with van der Waals surface area (Å²) in [5.74, 6) is 0. The predicted molar refractivity (Wildman–Crippen MR) is 153 cm³/mol. The van der Waals surface area contributed by atoms with Crippen molar-refractivity contribution in [2.24, 2.45) is 0 Å². The average Bonchev–Trinajstić information content (AvgIpc) is 3.19. The van der Waals surface area contributed by atoms with Crippen LogP contribution >= 0.6 is 31.9 Å². The number of hydrogen-bond donors (Lipinski definition) is 0. The van der Waals surface area contributed by atoms with Crippen molar-refractivity contribution in [3.05, 3.63) is 146 Å². The van der Waals surface area contributed by atoms with E-state index in [9.17, 15) is 0 Å². The van der Waals surface area contributed by atoms with Gasteiger partial charge in [-0.25, -0.2) is 0 Å². The summed E-state index contributed by atoms with van der Waals surface area (Å²) >= 11 is 7.48. The molecule has 0 amide bonds. The van der Waals surface area contributed by atoms with Gasteiger partial charge < -0.3 is 4.90 Å². The molecule has 1 nitrogen and oxygen atoms in total. The minimum atomic E-state index is 1.09. The van der Waals surface area contributed by atoms with E-state index in [0.29, 0.717) is 0 Å². The van der Waals surface area contributed by atoms with Gasteiger partial charge in [-0.3, -0.25) is 0 Å². The fraction of sp³-hybridized carbons (Fsp3) is 0. The predicted octanol–water partition coefficient (Wildman–Crippen LogP) is 9.98. The van der Waals surface area contributed by atoms with Gasteiger partial charge in [0, 0.05) is 31.3 Å². The topological polar surface area (TPSA) is 3.24 Å². The Hall–Kier alpha value is -3.40. The molecular weight excluding hydrogens is 558 g/mol. The van der Waals surface area contributed by atoms with Crippen LogP contribution < -0.4 is 4.90 Å². The van der Waals surface area contributed by atoms with Gasteiger partial charge in [0.2, 0.25) is 0 Å². The number of para-hydroxylation sites is 3. The fourth-order valence-electron chi connectivity index (χ4n) is 5.49. The molecule has 35 heavy (non-hydrogen) atoms. The van der Waals surface area contributed by atoms with E-state index in [4.69, 9.17) is 0 Å². The Balaban J connectivity index is 1.63. The highest BCUT2D eigenvalue weighted by atomic mass is 79.9. The molecule has 0 spiro atoms. The lowest BCUT2D eigenvalue weighted by molar-refractivity contribution is 1.24. The monoisotopic (exact) mass is 575 g/mol. The van der Waals surface area contributed by atoms with Crippen molar-refractivity contribution >= 4 is 60.1 Å². The molecule has 0 aromatic heterocycles. The van der Waals surface area contributed by atoms with Gasteiger partial charge in [-0.2, -0.15) is 0 Å². The van der Waals surface area contributed by atoms with Gasteiger partial charge in [-0.1, -0.05) is 98.6 Å². The van der Waals surface area contributed by atoms with Crippen molar-refractivity contribution in [3.8, 4) is 11.1 Å². The summed E-state index contributed by atoms with van der Waals surface area (Å²) in [6.45, 7) is 0. The molecule has 1 aliphatic heterocycles. The number of rotatable bonds is 1. The number of fused-ring (bicyclic) bond motifs is 5. The van der Waals surface area contributed by atoms with Crippen LogP contribution in [0.3, 0.4) is 0 Å². The van der Waals surface area contributed by atoms with E-state index < -0.39 is 0 Å². The van der Waals surface area contributed by atoms with E-state index in [-0.39, 0.29) is 0 Å². The molecule has 2 aliphatic rings. The summed E-state index contributed by atoms with van der Waals surface area (Å²) in [5.41, 5.74) is 13.7. The maximum absolute atomic E-state index is 3.74. The van der Waals surface area contributed by atoms with Crippen LogP contribution in [-0.2, 0) is 0 Å². The standard InChI is InChI=1S/C32H19Br2N/c33-20-14-16-23-24-17-15-21(34)19-28(24)32(27(23)18-20)31-25-10-4-6-12-29(25)35(22-8-2-1-3-9-22)30-13-7-5-11-26(30)31/h1-19H. The Morgan fingerprint density at radius 2 is 0.857 bits per heavy atom. The van der Waals surface area contributed by atoms with Gasteiger partial charge in [-0.05, 0) is 76.4 Å². The Morgan fingerprint density at radius 3 is 1.40 bits per heavy atom. The number of halogens is 2. The molecule has 3 heteroatoms. The molecule has 1 heterocycles. The van der Waals surface area contributed by atoms with E-state index >= 15 is 0 Å². The molecule has 0 bridgehead atoms. The zero-order valence-corrected chi connectivity index (χ0v) is 21.8. The Morgan fingerprint density at radius 1 is 0.400 bits per heavy atom. The molecule has 0 atom stereocenters. The second kappa shape index (κ2) is 8.08. The first-order valence-corrected chi connectivity index (χ1v) is 13.2. The second-order valence-corrected chi connectivity index (χ2v) is 10.7. The molecule has 0 radical (unpaired) electrons. The van der Waals surface area contributed by atoms with Crippen molar-refractivity contribution in [1.29, 1.82) is 0 Å². The third-order valence-corrected chi connectivity index (χ3v) is 7.87. The van der Waals surface area contributed by atoms with Crippen molar-refractivity contribution in [2.45, 2.75) is 0 Å². The minimum absolute atomic E-state index is 1.09. The first-order chi connectivity index (χ1) is 17.2. The molecule has 5 aromatic rings. The summed E-state index contributed by atoms with van der Waals surface area (Å²) in [5, 5.41) is 0. The van der Waals surface area contributed by atoms with Gasteiger partial charge in [-0.15, -0.1) is 0 Å². The van der Waals surface area contributed by atoms with E-state index in [2.05, 4.69) is 152 Å². The van der Waals surface area contributed by atoms with Crippen molar-refractivity contribution in [2.75, 3.05) is 4.90 Å². The lowest BCUT2D eigenvalue weighted by atomic mass is 9.83. The van der Waals surface area contributed by atoms with Crippen LogP contribution in [-0.4, -0.2) is 0 Å². The normalized spacial score (nSPS) is 13.3. The first kappa shape index (κ1) is 20.9. The quantitative estimate of drug-likeness (QED) is 0.188. The molecule has 0 N–H and O–H groups in total. The van der Waals surface area contributed by atoms with E-state index in [1.807, 2.05) is 0 Å². The van der Waals surface area contributed by atoms with Crippen LogP contribution in [0.25, 0.3) is 22.3 Å². The van der Waals surface area contributed by atoms with Crippen molar-refractivity contribution < 1.29 is 0 Å². The van der Waals surface area contributed by atoms with Crippen LogP contribution in [0.2, 0.25) is 0 Å². The summed E-state index contributed by atoms with van der Waals surface area (Å²) in [4.78, 5) is 2.38. The Labute approximate surface area is 221 Å². The molecular formula is C32H19Br2N. The van der Waals surface area contributed by atoms with E-state index in [0.717, 1.165) is 14.6 Å². The van der Waals surface area contributed by atoms with Gasteiger partial charge in [0.25, 0.3) is 0 Å². The Kier molecular flexibility index (Phi) is 4.83. The highest BCUT2D eigenvalue weighted by Crippen LogP contribution is 2.55. The third-order valence-electron chi connectivity index (χ3n) is 6.89. The summed E-state index contributed by atoms with van der Waals surface area (Å²) in [6, 6.07) is 41.5. The van der Waals surface area contributed by atoms with Crippen LogP contribution in [0.5, 0.6) is 0 Å². The van der Waals surface area contributed by atoms with Crippen LogP contribution in [0.15, 0.2) is 124 Å². The average molecular weight is 577 g/mol. The highest BCUT2D eigenvalue weighted by Gasteiger charge is 2.33. The third kappa shape index (κ3) is 3.19. The summed E-state index contributed by atoms with van der Waals surface area (Å²) in [6.07, 6.45) is 0. The molecule has 0 saturated carbocycles. The number of benzene rings is 5. The lowest BCUT2D eigenvalue weighted by Gasteiger charge is -2.35. The van der Waals surface area contributed by atoms with Crippen LogP contribution in [0.1, 0.15) is 22.3 Å². The van der Waals surface area contributed by atoms with E-state index in [1.54, 1.807) is 0 Å². The Bertz CT molecular complexity index is 1560. The number of nitrogens with zero attached hydrogens (tertiary/aromatic N) is 1. The fourth-order valence-corrected chi connectivity index (χ4v) is 6.21.